The highest BCUT2D eigenvalue weighted by atomic mass is 15.3. The Morgan fingerprint density at radius 1 is 1.36 bits per heavy atom. The summed E-state index contributed by atoms with van der Waals surface area (Å²) in [6, 6.07) is 4.67. The molecule has 1 aromatic rings. The largest absolute Gasteiger partial charge is 0.303 e. The molecule has 0 bridgehead atoms. The van der Waals surface area contributed by atoms with Crippen LogP contribution in [-0.2, 0) is 0 Å². The van der Waals surface area contributed by atoms with Gasteiger partial charge in [-0.05, 0) is 25.7 Å². The minimum Gasteiger partial charge on any atom is -0.303 e. The lowest BCUT2D eigenvalue weighted by Gasteiger charge is -2.37. The molecule has 3 heteroatoms. The molecule has 0 radical (unpaired) electrons. The van der Waals surface area contributed by atoms with Crippen molar-refractivity contribution < 1.29 is 0 Å². The van der Waals surface area contributed by atoms with Gasteiger partial charge in [0.05, 0.1) is 0 Å². The van der Waals surface area contributed by atoms with Gasteiger partial charge in [0.25, 0.3) is 0 Å². The van der Waals surface area contributed by atoms with Gasteiger partial charge in [-0.1, -0.05) is 6.07 Å². The molecule has 1 aliphatic rings. The molecular weight excluding hydrogens is 174 g/mol. The molecule has 0 N–H and O–H groups in total. The Morgan fingerprint density at radius 3 is 2.93 bits per heavy atom. The SMILES string of the molecule is CN1CCN(C)C(c2cccnc2)C1. The molecule has 1 fully saturated rings. The molecule has 0 spiro atoms. The summed E-state index contributed by atoms with van der Waals surface area (Å²) in [6.45, 7) is 3.39. The average molecular weight is 191 g/mol. The van der Waals surface area contributed by atoms with Crippen LogP contribution < -0.4 is 0 Å². The molecule has 76 valence electrons. The number of hydrogen-bond acceptors (Lipinski definition) is 3. The van der Waals surface area contributed by atoms with Gasteiger partial charge < -0.3 is 4.90 Å². The Morgan fingerprint density at radius 2 is 2.21 bits per heavy atom. The molecule has 1 aromatic heterocycles. The van der Waals surface area contributed by atoms with Gasteiger partial charge in [-0.15, -0.1) is 0 Å². The van der Waals surface area contributed by atoms with Crippen LogP contribution in [-0.4, -0.2) is 48.5 Å². The molecule has 2 rings (SSSR count). The Kier molecular flexibility index (Phi) is 2.79. The fraction of sp³-hybridized carbons (Fsp3) is 0.545. The normalized spacial score (nSPS) is 25.1. The summed E-state index contributed by atoms with van der Waals surface area (Å²) in [4.78, 5) is 8.95. The van der Waals surface area contributed by atoms with Crippen molar-refractivity contribution in [3.05, 3.63) is 30.1 Å². The smallest absolute Gasteiger partial charge is 0.0487 e. The Labute approximate surface area is 85.4 Å². The van der Waals surface area contributed by atoms with Gasteiger partial charge in [0.1, 0.15) is 0 Å². The first-order chi connectivity index (χ1) is 6.77. The second kappa shape index (κ2) is 4.07. The average Bonchev–Trinajstić information content (AvgIpc) is 2.23. The van der Waals surface area contributed by atoms with E-state index in [4.69, 9.17) is 0 Å². The Bertz CT molecular complexity index is 286. The quantitative estimate of drug-likeness (QED) is 0.660. The van der Waals surface area contributed by atoms with Crippen molar-refractivity contribution in [2.24, 2.45) is 0 Å². The number of aromatic nitrogens is 1. The molecular formula is C11H17N3. The topological polar surface area (TPSA) is 19.4 Å². The first-order valence-corrected chi connectivity index (χ1v) is 5.06. The number of rotatable bonds is 1. The summed E-state index contributed by atoms with van der Waals surface area (Å²) in [5.41, 5.74) is 1.32. The van der Waals surface area contributed by atoms with Crippen LogP contribution in [0.1, 0.15) is 11.6 Å². The van der Waals surface area contributed by atoms with Crippen LogP contribution >= 0.6 is 0 Å². The van der Waals surface area contributed by atoms with Crippen LogP contribution in [0.25, 0.3) is 0 Å². The number of hydrogen-bond donors (Lipinski definition) is 0. The number of pyridine rings is 1. The van der Waals surface area contributed by atoms with Gasteiger partial charge in [-0.25, -0.2) is 0 Å². The summed E-state index contributed by atoms with van der Waals surface area (Å²) < 4.78 is 0. The molecule has 2 heterocycles. The maximum absolute atomic E-state index is 4.17. The molecule has 0 aliphatic carbocycles. The highest BCUT2D eigenvalue weighted by molar-refractivity contribution is 5.15. The van der Waals surface area contributed by atoms with Crippen LogP contribution in [0.2, 0.25) is 0 Å². The van der Waals surface area contributed by atoms with Gasteiger partial charge in [-0.3, -0.25) is 9.88 Å². The molecule has 0 aromatic carbocycles. The summed E-state index contributed by atoms with van der Waals surface area (Å²) in [5, 5.41) is 0. The highest BCUT2D eigenvalue weighted by Crippen LogP contribution is 2.21. The van der Waals surface area contributed by atoms with E-state index >= 15 is 0 Å². The molecule has 0 amide bonds. The summed E-state index contributed by atoms with van der Waals surface area (Å²) in [5.74, 6) is 0. The van der Waals surface area contributed by atoms with Crippen LogP contribution in [0.4, 0.5) is 0 Å². The van der Waals surface area contributed by atoms with E-state index in [1.165, 1.54) is 5.56 Å². The third-order valence-corrected chi connectivity index (χ3v) is 2.92. The van der Waals surface area contributed by atoms with Gasteiger partial charge in [-0.2, -0.15) is 0 Å². The monoisotopic (exact) mass is 191 g/mol. The van der Waals surface area contributed by atoms with E-state index in [9.17, 15) is 0 Å². The predicted octanol–water partition coefficient (Wildman–Crippen LogP) is 1.000. The van der Waals surface area contributed by atoms with E-state index in [2.05, 4.69) is 34.9 Å². The number of likely N-dealkylation sites (N-methyl/N-ethyl adjacent to an activating group) is 2. The second-order valence-corrected chi connectivity index (χ2v) is 4.05. The Balaban J connectivity index is 2.16. The number of piperazine rings is 1. The summed E-state index contributed by atoms with van der Waals surface area (Å²) in [7, 11) is 4.36. The molecule has 1 aliphatic heterocycles. The zero-order valence-electron chi connectivity index (χ0n) is 8.85. The third-order valence-electron chi connectivity index (χ3n) is 2.92. The third kappa shape index (κ3) is 1.94. The molecule has 1 unspecified atom stereocenters. The summed E-state index contributed by atoms with van der Waals surface area (Å²) >= 11 is 0. The fourth-order valence-corrected chi connectivity index (χ4v) is 1.94. The van der Waals surface area contributed by atoms with Crippen molar-refractivity contribution in [2.75, 3.05) is 33.7 Å². The van der Waals surface area contributed by atoms with E-state index < -0.39 is 0 Å². The molecule has 14 heavy (non-hydrogen) atoms. The standard InChI is InChI=1S/C11H17N3/c1-13-6-7-14(2)11(9-13)10-4-3-5-12-8-10/h3-5,8,11H,6-7,9H2,1-2H3. The van der Waals surface area contributed by atoms with Crippen LogP contribution in [0, 0.1) is 0 Å². The van der Waals surface area contributed by atoms with Gasteiger partial charge in [0, 0.05) is 38.1 Å². The maximum atomic E-state index is 4.17. The van der Waals surface area contributed by atoms with Gasteiger partial charge in [0.15, 0.2) is 0 Å². The van der Waals surface area contributed by atoms with E-state index in [1.807, 2.05) is 18.5 Å². The number of nitrogens with zero attached hydrogens (tertiary/aromatic N) is 3. The lowest BCUT2D eigenvalue weighted by atomic mass is 10.1. The van der Waals surface area contributed by atoms with Crippen LogP contribution in [0.15, 0.2) is 24.5 Å². The van der Waals surface area contributed by atoms with E-state index in [0.717, 1.165) is 19.6 Å². The minimum atomic E-state index is 0.502. The molecule has 3 nitrogen and oxygen atoms in total. The van der Waals surface area contributed by atoms with E-state index in [-0.39, 0.29) is 0 Å². The van der Waals surface area contributed by atoms with E-state index in [0.29, 0.717) is 6.04 Å². The second-order valence-electron chi connectivity index (χ2n) is 4.05. The molecule has 1 atom stereocenters. The zero-order chi connectivity index (χ0) is 9.97. The van der Waals surface area contributed by atoms with Crippen molar-refractivity contribution in [2.45, 2.75) is 6.04 Å². The highest BCUT2D eigenvalue weighted by Gasteiger charge is 2.23. The first-order valence-electron chi connectivity index (χ1n) is 5.06. The molecule has 1 saturated heterocycles. The van der Waals surface area contributed by atoms with Crippen molar-refractivity contribution in [3.8, 4) is 0 Å². The van der Waals surface area contributed by atoms with Crippen molar-refractivity contribution in [1.29, 1.82) is 0 Å². The van der Waals surface area contributed by atoms with Crippen molar-refractivity contribution >= 4 is 0 Å². The van der Waals surface area contributed by atoms with Gasteiger partial charge >= 0.3 is 0 Å². The Hall–Kier alpha value is -0.930. The van der Waals surface area contributed by atoms with Crippen molar-refractivity contribution in [1.82, 2.24) is 14.8 Å². The van der Waals surface area contributed by atoms with E-state index in [1.54, 1.807) is 0 Å². The molecule has 0 saturated carbocycles. The first kappa shape index (κ1) is 9.62. The maximum Gasteiger partial charge on any atom is 0.0487 e. The fourth-order valence-electron chi connectivity index (χ4n) is 1.94. The summed E-state index contributed by atoms with van der Waals surface area (Å²) in [6.07, 6.45) is 3.80. The van der Waals surface area contributed by atoms with Crippen LogP contribution in [0.5, 0.6) is 0 Å². The lowest BCUT2D eigenvalue weighted by Crippen LogP contribution is -2.44. The van der Waals surface area contributed by atoms with Crippen molar-refractivity contribution in [3.63, 3.8) is 0 Å². The zero-order valence-corrected chi connectivity index (χ0v) is 8.85. The predicted molar refractivity (Wildman–Crippen MR) is 57.1 cm³/mol. The van der Waals surface area contributed by atoms with Crippen LogP contribution in [0.3, 0.4) is 0 Å². The minimum absolute atomic E-state index is 0.502. The van der Waals surface area contributed by atoms with Gasteiger partial charge in [0.2, 0.25) is 0 Å². The lowest BCUT2D eigenvalue weighted by molar-refractivity contribution is 0.115.